The average Bonchev–Trinajstić information content (AvgIpc) is 2.82. The summed E-state index contributed by atoms with van der Waals surface area (Å²) in [6.45, 7) is 0. The van der Waals surface area contributed by atoms with Crippen molar-refractivity contribution in [2.75, 3.05) is 0 Å². The lowest BCUT2D eigenvalue weighted by atomic mass is 10.2. The van der Waals surface area contributed by atoms with Crippen LogP contribution in [0.5, 0.6) is 11.5 Å². The zero-order valence-corrected chi connectivity index (χ0v) is 9.35. The number of phenols is 2. The number of aromatic hydroxyl groups is 2. The zero-order chi connectivity index (χ0) is 12.3. The molecule has 3 N–H and O–H groups in total. The van der Waals surface area contributed by atoms with Crippen LogP contribution in [0.1, 0.15) is 36.0 Å². The minimum absolute atomic E-state index is 0.00277. The minimum atomic E-state index is -0.551. The number of carbonyl (C=O) groups is 1. The summed E-state index contributed by atoms with van der Waals surface area (Å²) >= 11 is 0. The first-order chi connectivity index (χ1) is 8.18. The van der Waals surface area contributed by atoms with Gasteiger partial charge >= 0.3 is 0 Å². The van der Waals surface area contributed by atoms with Gasteiger partial charge < -0.3 is 10.2 Å². The number of hydroxylamine groups is 1. The van der Waals surface area contributed by atoms with Crippen LogP contribution in [-0.4, -0.2) is 22.2 Å². The monoisotopic (exact) mass is 237 g/mol. The molecule has 0 atom stereocenters. The van der Waals surface area contributed by atoms with E-state index in [1.807, 2.05) is 0 Å². The molecular formula is C12H15NO4. The van der Waals surface area contributed by atoms with E-state index >= 15 is 0 Å². The summed E-state index contributed by atoms with van der Waals surface area (Å²) in [7, 11) is 0. The molecule has 0 aromatic heterocycles. The molecule has 1 aliphatic carbocycles. The third-order valence-electron chi connectivity index (χ3n) is 2.88. The molecule has 1 aliphatic rings. The van der Waals surface area contributed by atoms with Gasteiger partial charge in [-0.25, -0.2) is 5.48 Å². The Balaban J connectivity index is 1.97. The Morgan fingerprint density at radius 3 is 2.71 bits per heavy atom. The summed E-state index contributed by atoms with van der Waals surface area (Å²) in [5.41, 5.74) is 2.30. The Labute approximate surface area is 99.0 Å². The Hall–Kier alpha value is -1.75. The molecule has 0 heterocycles. The van der Waals surface area contributed by atoms with Gasteiger partial charge in [0.2, 0.25) is 0 Å². The molecule has 1 aromatic carbocycles. The largest absolute Gasteiger partial charge is 0.504 e. The molecule has 2 rings (SSSR count). The van der Waals surface area contributed by atoms with Crippen molar-refractivity contribution in [1.82, 2.24) is 5.48 Å². The molecule has 1 amide bonds. The normalized spacial score (nSPS) is 16.0. The third-order valence-corrected chi connectivity index (χ3v) is 2.88. The molecule has 0 unspecified atom stereocenters. The first kappa shape index (κ1) is 11.7. The summed E-state index contributed by atoms with van der Waals surface area (Å²) < 4.78 is 0. The molecule has 1 aromatic rings. The van der Waals surface area contributed by atoms with Gasteiger partial charge in [-0.15, -0.1) is 0 Å². The van der Waals surface area contributed by atoms with E-state index in [1.54, 1.807) is 0 Å². The molecule has 0 spiro atoms. The van der Waals surface area contributed by atoms with Crippen molar-refractivity contribution in [3.05, 3.63) is 23.8 Å². The maximum absolute atomic E-state index is 11.7. The molecule has 0 bridgehead atoms. The second kappa shape index (κ2) is 5.05. The number of rotatable bonds is 3. The van der Waals surface area contributed by atoms with E-state index in [9.17, 15) is 15.0 Å². The smallest absolute Gasteiger partial charge is 0.278 e. The third kappa shape index (κ3) is 2.68. The van der Waals surface area contributed by atoms with Gasteiger partial charge in [-0.3, -0.25) is 9.63 Å². The van der Waals surface area contributed by atoms with Gasteiger partial charge in [0.05, 0.1) is 11.7 Å². The van der Waals surface area contributed by atoms with E-state index in [1.165, 1.54) is 18.2 Å². The highest BCUT2D eigenvalue weighted by molar-refractivity contribution is 5.96. The van der Waals surface area contributed by atoms with E-state index in [2.05, 4.69) is 5.48 Å². The Morgan fingerprint density at radius 1 is 1.29 bits per heavy atom. The molecule has 0 aliphatic heterocycles. The number of amides is 1. The molecule has 5 heteroatoms. The number of para-hydroxylation sites is 1. The van der Waals surface area contributed by atoms with Crippen LogP contribution >= 0.6 is 0 Å². The SMILES string of the molecule is O=C(NOC1CCCC1)c1cccc(O)c1O. The van der Waals surface area contributed by atoms with Crippen LogP contribution in [0, 0.1) is 0 Å². The van der Waals surface area contributed by atoms with Gasteiger partial charge in [-0.2, -0.15) is 0 Å². The van der Waals surface area contributed by atoms with Crippen LogP contribution in [0.2, 0.25) is 0 Å². The number of hydrogen-bond acceptors (Lipinski definition) is 4. The second-order valence-corrected chi connectivity index (χ2v) is 4.13. The lowest BCUT2D eigenvalue weighted by molar-refractivity contribution is -0.0126. The highest BCUT2D eigenvalue weighted by Crippen LogP contribution is 2.28. The van der Waals surface area contributed by atoms with Crippen molar-refractivity contribution in [3.8, 4) is 11.5 Å². The maximum atomic E-state index is 11.7. The first-order valence-electron chi connectivity index (χ1n) is 5.65. The van der Waals surface area contributed by atoms with Gasteiger partial charge in [-0.1, -0.05) is 18.9 Å². The fraction of sp³-hybridized carbons (Fsp3) is 0.417. The summed E-state index contributed by atoms with van der Waals surface area (Å²) in [4.78, 5) is 16.9. The molecule has 17 heavy (non-hydrogen) atoms. The van der Waals surface area contributed by atoms with Crippen LogP contribution in [0.25, 0.3) is 0 Å². The van der Waals surface area contributed by atoms with Gasteiger partial charge in [0.15, 0.2) is 11.5 Å². The summed E-state index contributed by atoms with van der Waals surface area (Å²) in [6, 6.07) is 4.21. The minimum Gasteiger partial charge on any atom is -0.504 e. The molecular weight excluding hydrogens is 222 g/mol. The fourth-order valence-corrected chi connectivity index (χ4v) is 1.91. The van der Waals surface area contributed by atoms with Crippen molar-refractivity contribution in [1.29, 1.82) is 0 Å². The molecule has 1 fully saturated rings. The highest BCUT2D eigenvalue weighted by atomic mass is 16.7. The first-order valence-corrected chi connectivity index (χ1v) is 5.65. The van der Waals surface area contributed by atoms with E-state index < -0.39 is 11.7 Å². The van der Waals surface area contributed by atoms with Crippen molar-refractivity contribution in [3.63, 3.8) is 0 Å². The Morgan fingerprint density at radius 2 is 2.00 bits per heavy atom. The molecule has 0 saturated heterocycles. The summed E-state index contributed by atoms with van der Waals surface area (Å²) in [5.74, 6) is -1.30. The predicted octanol–water partition coefficient (Wildman–Crippen LogP) is 1.70. The standard InChI is InChI=1S/C12H15NO4/c14-10-7-3-6-9(11(10)15)12(16)13-17-8-4-1-2-5-8/h3,6-8,14-15H,1-2,4-5H2,(H,13,16). The van der Waals surface area contributed by atoms with Gasteiger partial charge in [0.25, 0.3) is 5.91 Å². The number of hydrogen-bond donors (Lipinski definition) is 3. The van der Waals surface area contributed by atoms with E-state index in [0.29, 0.717) is 0 Å². The average molecular weight is 237 g/mol. The van der Waals surface area contributed by atoms with Crippen LogP contribution in [0.15, 0.2) is 18.2 Å². The van der Waals surface area contributed by atoms with Gasteiger partial charge in [0, 0.05) is 0 Å². The number of carbonyl (C=O) groups excluding carboxylic acids is 1. The fourth-order valence-electron chi connectivity index (χ4n) is 1.91. The van der Waals surface area contributed by atoms with Crippen molar-refractivity contribution in [2.24, 2.45) is 0 Å². The number of nitrogens with one attached hydrogen (secondary N) is 1. The van der Waals surface area contributed by atoms with E-state index in [0.717, 1.165) is 25.7 Å². The van der Waals surface area contributed by atoms with Crippen molar-refractivity contribution >= 4 is 5.91 Å². The van der Waals surface area contributed by atoms with E-state index in [4.69, 9.17) is 4.84 Å². The maximum Gasteiger partial charge on any atom is 0.278 e. The quantitative estimate of drug-likeness (QED) is 0.552. The van der Waals surface area contributed by atoms with Crippen LogP contribution in [0.4, 0.5) is 0 Å². The lowest BCUT2D eigenvalue weighted by Crippen LogP contribution is -2.28. The number of benzene rings is 1. The summed E-state index contributed by atoms with van der Waals surface area (Å²) in [5, 5.41) is 18.8. The Bertz CT molecular complexity index is 413. The number of phenolic OH excluding ortho intramolecular Hbond substituents is 2. The topological polar surface area (TPSA) is 78.8 Å². The Kier molecular flexibility index (Phi) is 3.49. The highest BCUT2D eigenvalue weighted by Gasteiger charge is 2.19. The molecule has 0 radical (unpaired) electrons. The van der Waals surface area contributed by atoms with Gasteiger partial charge in [0.1, 0.15) is 0 Å². The summed E-state index contributed by atoms with van der Waals surface area (Å²) in [6.07, 6.45) is 4.15. The van der Waals surface area contributed by atoms with Crippen molar-refractivity contribution in [2.45, 2.75) is 31.8 Å². The van der Waals surface area contributed by atoms with Crippen LogP contribution in [-0.2, 0) is 4.84 Å². The molecule has 1 saturated carbocycles. The van der Waals surface area contributed by atoms with Crippen molar-refractivity contribution < 1.29 is 19.8 Å². The molecule has 5 nitrogen and oxygen atoms in total. The van der Waals surface area contributed by atoms with Crippen LogP contribution < -0.4 is 5.48 Å². The zero-order valence-electron chi connectivity index (χ0n) is 9.35. The van der Waals surface area contributed by atoms with Gasteiger partial charge in [-0.05, 0) is 25.0 Å². The predicted molar refractivity (Wildman–Crippen MR) is 60.6 cm³/mol. The molecule has 92 valence electrons. The van der Waals surface area contributed by atoms with E-state index in [-0.39, 0.29) is 17.4 Å². The second-order valence-electron chi connectivity index (χ2n) is 4.13. The lowest BCUT2D eigenvalue weighted by Gasteiger charge is -2.12. The van der Waals surface area contributed by atoms with Crippen LogP contribution in [0.3, 0.4) is 0 Å².